The van der Waals surface area contributed by atoms with Crippen LogP contribution in [0, 0.1) is 5.82 Å². The number of nitrogens with one attached hydrogen (secondary N) is 1. The smallest absolute Gasteiger partial charge is 0.360 e. The first kappa shape index (κ1) is 19.3. The van der Waals surface area contributed by atoms with E-state index in [1.165, 1.54) is 6.07 Å². The lowest BCUT2D eigenvalue weighted by Gasteiger charge is -2.16. The van der Waals surface area contributed by atoms with Crippen molar-refractivity contribution in [2.45, 2.75) is 6.92 Å². The Labute approximate surface area is 171 Å². The van der Waals surface area contributed by atoms with E-state index >= 15 is 4.39 Å². The number of carbonyl (C=O) groups excluding carboxylic acids is 1. The van der Waals surface area contributed by atoms with Gasteiger partial charge in [0.05, 0.1) is 17.7 Å². The van der Waals surface area contributed by atoms with Gasteiger partial charge in [0.15, 0.2) is 22.6 Å². The molecular weight excluding hydrogens is 385 g/mol. The molecule has 0 fully saturated rings. The molecule has 0 bridgehead atoms. The maximum absolute atomic E-state index is 15.4. The van der Waals surface area contributed by atoms with E-state index < -0.39 is 22.9 Å². The van der Waals surface area contributed by atoms with E-state index in [-0.39, 0.29) is 23.3 Å². The number of pyridine rings is 2. The number of hydrogen-bond donors (Lipinski definition) is 1. The number of benzene rings is 2. The second kappa shape index (κ2) is 8.16. The highest BCUT2D eigenvalue weighted by atomic mass is 19.1. The highest BCUT2D eigenvalue weighted by Crippen LogP contribution is 2.29. The molecule has 4 rings (SSSR count). The summed E-state index contributed by atoms with van der Waals surface area (Å²) in [6.45, 7) is 1.69. The number of esters is 1. The van der Waals surface area contributed by atoms with Crippen LogP contribution in [0.2, 0.25) is 0 Å². The van der Waals surface area contributed by atoms with Crippen molar-refractivity contribution in [2.75, 3.05) is 11.9 Å². The van der Waals surface area contributed by atoms with Gasteiger partial charge < -0.3 is 14.6 Å². The van der Waals surface area contributed by atoms with Crippen LogP contribution in [0.3, 0.4) is 0 Å². The van der Waals surface area contributed by atoms with Gasteiger partial charge >= 0.3 is 5.97 Å². The van der Waals surface area contributed by atoms with Crippen molar-refractivity contribution in [3.8, 4) is 5.69 Å². The van der Waals surface area contributed by atoms with Gasteiger partial charge in [0.2, 0.25) is 0 Å². The van der Waals surface area contributed by atoms with Crippen molar-refractivity contribution < 1.29 is 13.9 Å². The number of fused-ring (bicyclic) bond motifs is 1. The summed E-state index contributed by atoms with van der Waals surface area (Å²) in [7, 11) is 0. The van der Waals surface area contributed by atoms with Crippen molar-refractivity contribution in [1.82, 2.24) is 9.55 Å². The summed E-state index contributed by atoms with van der Waals surface area (Å²) in [5.41, 5.74) is 0.395. The maximum Gasteiger partial charge on any atom is 0.360 e. The molecule has 7 heteroatoms. The Bertz CT molecular complexity index is 1270. The topological polar surface area (TPSA) is 73.2 Å². The molecule has 150 valence electrons. The average Bonchev–Trinajstić information content (AvgIpc) is 2.77. The zero-order valence-corrected chi connectivity index (χ0v) is 16.1. The van der Waals surface area contributed by atoms with Gasteiger partial charge in [-0.2, -0.15) is 0 Å². The average molecular weight is 403 g/mol. The maximum atomic E-state index is 15.4. The number of anilines is 2. The lowest BCUT2D eigenvalue weighted by Crippen LogP contribution is -2.17. The summed E-state index contributed by atoms with van der Waals surface area (Å²) in [5.74, 6) is -1.84. The molecule has 0 amide bonds. The summed E-state index contributed by atoms with van der Waals surface area (Å²) >= 11 is 0. The molecule has 2 aromatic heterocycles. The minimum absolute atomic E-state index is 0.0377. The van der Waals surface area contributed by atoms with Gasteiger partial charge in [0, 0.05) is 23.6 Å². The Morgan fingerprint density at radius 1 is 1.07 bits per heavy atom. The lowest BCUT2D eigenvalue weighted by molar-refractivity contribution is 0.0514. The van der Waals surface area contributed by atoms with E-state index in [4.69, 9.17) is 4.74 Å². The summed E-state index contributed by atoms with van der Waals surface area (Å²) in [6, 6.07) is 19.3. The minimum Gasteiger partial charge on any atom is -0.461 e. The Hall–Kier alpha value is -4.00. The number of aromatic nitrogens is 2. The quantitative estimate of drug-likeness (QED) is 0.499. The first-order valence-corrected chi connectivity index (χ1v) is 9.39. The number of nitrogens with zero attached hydrogens (tertiary/aromatic N) is 2. The van der Waals surface area contributed by atoms with Crippen molar-refractivity contribution >= 4 is 28.4 Å². The second-order valence-electron chi connectivity index (χ2n) is 6.45. The first-order valence-electron chi connectivity index (χ1n) is 9.39. The predicted molar refractivity (Wildman–Crippen MR) is 113 cm³/mol. The third-order valence-electron chi connectivity index (χ3n) is 4.51. The first-order chi connectivity index (χ1) is 14.6. The predicted octanol–water partition coefficient (Wildman–Crippen LogP) is 4.45. The molecule has 0 aliphatic carbocycles. The van der Waals surface area contributed by atoms with Crippen molar-refractivity contribution in [3.63, 3.8) is 0 Å². The van der Waals surface area contributed by atoms with Crippen LogP contribution in [-0.2, 0) is 4.74 Å². The van der Waals surface area contributed by atoms with Crippen LogP contribution in [0.25, 0.3) is 16.7 Å². The summed E-state index contributed by atoms with van der Waals surface area (Å²) < 4.78 is 22.0. The number of para-hydroxylation sites is 2. The van der Waals surface area contributed by atoms with Crippen LogP contribution in [-0.4, -0.2) is 22.1 Å². The summed E-state index contributed by atoms with van der Waals surface area (Å²) in [4.78, 5) is 29.4. The highest BCUT2D eigenvalue weighted by molar-refractivity contribution is 5.98. The minimum atomic E-state index is -0.937. The Morgan fingerprint density at radius 3 is 2.40 bits per heavy atom. The fraction of sp³-hybridized carbons (Fsp3) is 0.0870. The number of ether oxygens (including phenoxy) is 1. The molecule has 1 N–H and O–H groups in total. The van der Waals surface area contributed by atoms with Crippen LogP contribution < -0.4 is 10.7 Å². The zero-order chi connectivity index (χ0) is 21.1. The molecule has 0 atom stereocenters. The number of halogens is 1. The van der Waals surface area contributed by atoms with Gasteiger partial charge in [-0.3, -0.25) is 4.79 Å². The molecule has 30 heavy (non-hydrogen) atoms. The molecular formula is C23H18FN3O3. The van der Waals surface area contributed by atoms with Gasteiger partial charge in [-0.25, -0.2) is 14.2 Å². The van der Waals surface area contributed by atoms with Crippen molar-refractivity contribution in [2.24, 2.45) is 0 Å². The summed E-state index contributed by atoms with van der Waals surface area (Å²) in [6.07, 6.45) is 1.55. The molecule has 0 aliphatic rings. The van der Waals surface area contributed by atoms with E-state index in [1.54, 1.807) is 42.0 Å². The van der Waals surface area contributed by atoms with Crippen molar-refractivity contribution in [1.29, 1.82) is 0 Å². The third kappa shape index (κ3) is 3.53. The Balaban J connectivity index is 2.05. The number of carbonyl (C=O) groups is 1. The van der Waals surface area contributed by atoms with Gasteiger partial charge in [-0.05, 0) is 31.2 Å². The molecule has 0 unspecified atom stereocenters. The van der Waals surface area contributed by atoms with Gasteiger partial charge in [-0.1, -0.05) is 36.4 Å². The second-order valence-corrected chi connectivity index (χ2v) is 6.45. The molecule has 0 saturated heterocycles. The lowest BCUT2D eigenvalue weighted by atomic mass is 10.1. The fourth-order valence-electron chi connectivity index (χ4n) is 3.17. The SMILES string of the molecule is CCOC(=O)c1nc2c(c(Nc3ccccc3)c1F)c(=O)ccn2-c1ccccc1. The van der Waals surface area contributed by atoms with Gasteiger partial charge in [-0.15, -0.1) is 0 Å². The third-order valence-corrected chi connectivity index (χ3v) is 4.51. The monoisotopic (exact) mass is 403 g/mol. The molecule has 0 spiro atoms. The van der Waals surface area contributed by atoms with E-state index in [0.717, 1.165) is 0 Å². The van der Waals surface area contributed by atoms with E-state index in [9.17, 15) is 9.59 Å². The largest absolute Gasteiger partial charge is 0.461 e. The highest BCUT2D eigenvalue weighted by Gasteiger charge is 2.24. The van der Waals surface area contributed by atoms with E-state index in [1.807, 2.05) is 36.4 Å². The number of hydrogen-bond acceptors (Lipinski definition) is 5. The molecule has 6 nitrogen and oxygen atoms in total. The normalized spacial score (nSPS) is 10.7. The van der Waals surface area contributed by atoms with Crippen LogP contribution in [0.1, 0.15) is 17.4 Å². The van der Waals surface area contributed by atoms with Crippen LogP contribution in [0.15, 0.2) is 77.7 Å². The zero-order valence-electron chi connectivity index (χ0n) is 16.1. The van der Waals surface area contributed by atoms with Gasteiger partial charge in [0.25, 0.3) is 0 Å². The van der Waals surface area contributed by atoms with Crippen LogP contribution in [0.5, 0.6) is 0 Å². The standard InChI is InChI=1S/C23H18FN3O3/c1-2-30-23(29)21-19(24)20(25-15-9-5-3-6-10-15)18-17(28)13-14-27(22(18)26-21)16-11-7-4-8-12-16/h3-14H,2H2,1H3,(H,25,26). The van der Waals surface area contributed by atoms with Crippen LogP contribution >= 0.6 is 0 Å². The molecule has 2 aromatic carbocycles. The Morgan fingerprint density at radius 2 is 1.73 bits per heavy atom. The van der Waals surface area contributed by atoms with Gasteiger partial charge in [0.1, 0.15) is 0 Å². The van der Waals surface area contributed by atoms with E-state index in [0.29, 0.717) is 11.4 Å². The summed E-state index contributed by atoms with van der Waals surface area (Å²) in [5, 5.41) is 2.97. The molecule has 0 aliphatic heterocycles. The molecule has 0 saturated carbocycles. The van der Waals surface area contributed by atoms with E-state index in [2.05, 4.69) is 10.3 Å². The van der Waals surface area contributed by atoms with Crippen LogP contribution in [0.4, 0.5) is 15.8 Å². The molecule has 4 aromatic rings. The van der Waals surface area contributed by atoms with Crippen molar-refractivity contribution in [3.05, 3.63) is 94.7 Å². The molecule has 0 radical (unpaired) electrons. The number of rotatable bonds is 5. The Kier molecular flexibility index (Phi) is 5.26. The fourth-order valence-corrected chi connectivity index (χ4v) is 3.17. The molecule has 2 heterocycles.